The van der Waals surface area contributed by atoms with Gasteiger partial charge in [0.1, 0.15) is 0 Å². The van der Waals surface area contributed by atoms with Crippen LogP contribution in [0.3, 0.4) is 0 Å². The van der Waals surface area contributed by atoms with Crippen molar-refractivity contribution in [2.24, 2.45) is 11.1 Å². The van der Waals surface area contributed by atoms with Gasteiger partial charge in [-0.25, -0.2) is 0 Å². The van der Waals surface area contributed by atoms with E-state index in [0.717, 1.165) is 39.0 Å². The maximum absolute atomic E-state index is 5.98. The highest BCUT2D eigenvalue weighted by Gasteiger charge is 2.28. The molecule has 1 saturated heterocycles. The van der Waals surface area contributed by atoms with Crippen molar-refractivity contribution >= 4 is 0 Å². The second-order valence-corrected chi connectivity index (χ2v) is 6.01. The molecule has 0 spiro atoms. The Kier molecular flexibility index (Phi) is 5.22. The Morgan fingerprint density at radius 3 is 2.69 bits per heavy atom. The molecule has 0 aromatic carbocycles. The molecule has 1 fully saturated rings. The van der Waals surface area contributed by atoms with Gasteiger partial charge in [0.05, 0.1) is 0 Å². The molecule has 0 aromatic rings. The summed E-state index contributed by atoms with van der Waals surface area (Å²) in [5, 5.41) is 0. The van der Waals surface area contributed by atoms with Crippen molar-refractivity contribution in [3.8, 4) is 0 Å². The predicted octanol–water partition coefficient (Wildman–Crippen LogP) is 1.86. The number of hydrogen-bond donors (Lipinski definition) is 1. The van der Waals surface area contributed by atoms with Crippen LogP contribution in [0.2, 0.25) is 0 Å². The molecule has 1 rings (SSSR count). The normalized spacial score (nSPS) is 28.3. The van der Waals surface area contributed by atoms with Crippen molar-refractivity contribution < 1.29 is 4.74 Å². The van der Waals surface area contributed by atoms with Gasteiger partial charge in [-0.15, -0.1) is 0 Å². The van der Waals surface area contributed by atoms with E-state index in [0.29, 0.717) is 17.5 Å². The largest absolute Gasteiger partial charge is 0.385 e. The molecule has 0 radical (unpaired) electrons. The maximum atomic E-state index is 5.98. The molecular weight excluding hydrogens is 200 g/mol. The third kappa shape index (κ3) is 4.40. The minimum absolute atomic E-state index is 0.339. The fourth-order valence-electron chi connectivity index (χ4n) is 2.50. The maximum Gasteiger partial charge on any atom is 0.0467 e. The smallest absolute Gasteiger partial charge is 0.0467 e. The van der Waals surface area contributed by atoms with Gasteiger partial charge in [-0.1, -0.05) is 13.8 Å². The summed E-state index contributed by atoms with van der Waals surface area (Å²) >= 11 is 0. The number of nitrogens with zero attached hydrogens (tertiary/aromatic N) is 1. The van der Waals surface area contributed by atoms with Crippen LogP contribution in [-0.2, 0) is 4.74 Å². The highest BCUT2D eigenvalue weighted by molar-refractivity contribution is 4.84. The molecule has 2 unspecified atom stereocenters. The number of ether oxygens (including phenoxy) is 1. The minimum atomic E-state index is 0.339. The van der Waals surface area contributed by atoms with Crippen molar-refractivity contribution in [1.82, 2.24) is 4.90 Å². The first-order valence-corrected chi connectivity index (χ1v) is 6.43. The SMILES string of the molecule is COCCC(C)(C)CN1CCC(N)CC1C. The fraction of sp³-hybridized carbons (Fsp3) is 1.00. The molecule has 0 aliphatic carbocycles. The van der Waals surface area contributed by atoms with Crippen molar-refractivity contribution in [2.45, 2.75) is 52.1 Å². The van der Waals surface area contributed by atoms with Crippen molar-refractivity contribution in [3.63, 3.8) is 0 Å². The van der Waals surface area contributed by atoms with Gasteiger partial charge >= 0.3 is 0 Å². The first-order chi connectivity index (χ1) is 7.44. The molecule has 1 aliphatic heterocycles. The highest BCUT2D eigenvalue weighted by atomic mass is 16.5. The topological polar surface area (TPSA) is 38.5 Å². The van der Waals surface area contributed by atoms with Crippen LogP contribution < -0.4 is 5.73 Å². The summed E-state index contributed by atoms with van der Waals surface area (Å²) in [6.45, 7) is 10.1. The van der Waals surface area contributed by atoms with Gasteiger partial charge in [0.25, 0.3) is 0 Å². The molecule has 0 bridgehead atoms. The number of piperidine rings is 1. The average molecular weight is 228 g/mol. The van der Waals surface area contributed by atoms with Gasteiger partial charge in [0.2, 0.25) is 0 Å². The van der Waals surface area contributed by atoms with E-state index in [1.54, 1.807) is 7.11 Å². The molecule has 96 valence electrons. The molecule has 0 aromatic heterocycles. The quantitative estimate of drug-likeness (QED) is 0.780. The van der Waals surface area contributed by atoms with E-state index in [1.165, 1.54) is 0 Å². The molecule has 3 heteroatoms. The summed E-state index contributed by atoms with van der Waals surface area (Å²) in [6, 6.07) is 1.04. The molecule has 2 N–H and O–H groups in total. The average Bonchev–Trinajstić information content (AvgIpc) is 2.19. The molecule has 0 amide bonds. The van der Waals surface area contributed by atoms with Gasteiger partial charge in [-0.2, -0.15) is 0 Å². The third-order valence-corrected chi connectivity index (χ3v) is 3.67. The van der Waals surface area contributed by atoms with E-state index in [-0.39, 0.29) is 0 Å². The molecule has 16 heavy (non-hydrogen) atoms. The van der Waals surface area contributed by atoms with Gasteiger partial charge in [0.15, 0.2) is 0 Å². The lowest BCUT2D eigenvalue weighted by molar-refractivity contribution is 0.0740. The van der Waals surface area contributed by atoms with Crippen LogP contribution in [0.15, 0.2) is 0 Å². The summed E-state index contributed by atoms with van der Waals surface area (Å²) in [5.74, 6) is 0. The number of nitrogens with two attached hydrogens (primary N) is 1. The summed E-state index contributed by atoms with van der Waals surface area (Å²) in [6.07, 6.45) is 3.41. The van der Waals surface area contributed by atoms with Gasteiger partial charge in [-0.3, -0.25) is 0 Å². The Balaban J connectivity index is 2.40. The second-order valence-electron chi connectivity index (χ2n) is 6.01. The summed E-state index contributed by atoms with van der Waals surface area (Å²) in [4.78, 5) is 2.58. The van der Waals surface area contributed by atoms with E-state index in [1.807, 2.05) is 0 Å². The van der Waals surface area contributed by atoms with Crippen molar-refractivity contribution in [2.75, 3.05) is 26.8 Å². The number of rotatable bonds is 5. The van der Waals surface area contributed by atoms with Crippen LogP contribution in [0.5, 0.6) is 0 Å². The number of hydrogen-bond acceptors (Lipinski definition) is 3. The lowest BCUT2D eigenvalue weighted by Crippen LogP contribution is -2.48. The monoisotopic (exact) mass is 228 g/mol. The first-order valence-electron chi connectivity index (χ1n) is 6.43. The molecule has 2 atom stereocenters. The Bertz CT molecular complexity index is 206. The van der Waals surface area contributed by atoms with E-state index in [2.05, 4.69) is 25.7 Å². The van der Waals surface area contributed by atoms with Gasteiger partial charge in [0, 0.05) is 32.3 Å². The summed E-state index contributed by atoms with van der Waals surface area (Å²) in [5.41, 5.74) is 6.32. The first kappa shape index (κ1) is 13.9. The predicted molar refractivity (Wildman–Crippen MR) is 68.5 cm³/mol. The van der Waals surface area contributed by atoms with Crippen LogP contribution in [-0.4, -0.2) is 43.8 Å². The molecule has 1 aliphatic rings. The highest BCUT2D eigenvalue weighted by Crippen LogP contribution is 2.26. The van der Waals surface area contributed by atoms with Crippen LogP contribution in [0.1, 0.15) is 40.0 Å². The molecule has 3 nitrogen and oxygen atoms in total. The van der Waals surface area contributed by atoms with Crippen molar-refractivity contribution in [3.05, 3.63) is 0 Å². The molecular formula is C13H28N2O. The fourth-order valence-corrected chi connectivity index (χ4v) is 2.50. The summed E-state index contributed by atoms with van der Waals surface area (Å²) in [7, 11) is 1.78. The van der Waals surface area contributed by atoms with Crippen LogP contribution in [0, 0.1) is 5.41 Å². The van der Waals surface area contributed by atoms with Gasteiger partial charge < -0.3 is 15.4 Å². The Morgan fingerprint density at radius 1 is 1.44 bits per heavy atom. The van der Waals surface area contributed by atoms with Crippen LogP contribution in [0.4, 0.5) is 0 Å². The second kappa shape index (κ2) is 5.99. The zero-order valence-corrected chi connectivity index (χ0v) is 11.3. The van der Waals surface area contributed by atoms with E-state index < -0.39 is 0 Å². The number of likely N-dealkylation sites (tertiary alicyclic amines) is 1. The minimum Gasteiger partial charge on any atom is -0.385 e. The van der Waals surface area contributed by atoms with Crippen LogP contribution in [0.25, 0.3) is 0 Å². The van der Waals surface area contributed by atoms with Crippen LogP contribution >= 0.6 is 0 Å². The Morgan fingerprint density at radius 2 is 2.12 bits per heavy atom. The number of methoxy groups -OCH3 is 1. The molecule has 1 heterocycles. The zero-order valence-electron chi connectivity index (χ0n) is 11.3. The Labute approximate surface area is 100 Å². The zero-order chi connectivity index (χ0) is 12.2. The van der Waals surface area contributed by atoms with Crippen molar-refractivity contribution in [1.29, 1.82) is 0 Å². The molecule has 0 saturated carbocycles. The lowest BCUT2D eigenvalue weighted by atomic mass is 9.87. The summed E-state index contributed by atoms with van der Waals surface area (Å²) < 4.78 is 5.17. The van der Waals surface area contributed by atoms with E-state index in [9.17, 15) is 0 Å². The Hall–Kier alpha value is -0.120. The third-order valence-electron chi connectivity index (χ3n) is 3.67. The van der Waals surface area contributed by atoms with E-state index in [4.69, 9.17) is 10.5 Å². The van der Waals surface area contributed by atoms with E-state index >= 15 is 0 Å². The standard InChI is InChI=1S/C13H28N2O/c1-11-9-12(14)5-7-15(11)10-13(2,3)6-8-16-4/h11-12H,5-10,14H2,1-4H3. The van der Waals surface area contributed by atoms with Gasteiger partial charge in [-0.05, 0) is 38.1 Å². The lowest BCUT2D eigenvalue weighted by Gasteiger charge is -2.41.